The fourth-order valence-corrected chi connectivity index (χ4v) is 2.58. The lowest BCUT2D eigenvalue weighted by Crippen LogP contribution is -2.30. The van der Waals surface area contributed by atoms with Gasteiger partial charge in [-0.1, -0.05) is 0 Å². The molecule has 1 fully saturated rings. The van der Waals surface area contributed by atoms with E-state index in [1.807, 2.05) is 19.0 Å². The number of nitrogens with zero attached hydrogens (tertiary/aromatic N) is 7. The van der Waals surface area contributed by atoms with Crippen molar-refractivity contribution in [2.45, 2.75) is 12.5 Å². The monoisotopic (exact) mass is 311 g/mol. The van der Waals surface area contributed by atoms with Crippen molar-refractivity contribution in [1.29, 1.82) is 5.26 Å². The Hall–Kier alpha value is -2.95. The average Bonchev–Trinajstić information content (AvgIpc) is 3.23. The highest BCUT2D eigenvalue weighted by Gasteiger charge is 2.29. The molecular formula is C15H17N7O. The number of carbonyl (C=O) groups is 1. The smallest absolute Gasteiger partial charge is 0.274 e. The van der Waals surface area contributed by atoms with E-state index >= 15 is 0 Å². The molecule has 0 N–H and O–H groups in total. The van der Waals surface area contributed by atoms with Crippen LogP contribution in [0.25, 0.3) is 0 Å². The molecule has 8 heteroatoms. The van der Waals surface area contributed by atoms with Crippen molar-refractivity contribution in [2.75, 3.05) is 32.1 Å². The van der Waals surface area contributed by atoms with Crippen LogP contribution in [0, 0.1) is 11.3 Å². The quantitative estimate of drug-likeness (QED) is 0.828. The number of nitriles is 1. The molecule has 1 aliphatic heterocycles. The highest BCUT2D eigenvalue weighted by atomic mass is 16.2. The molecule has 0 bridgehead atoms. The first-order valence-electron chi connectivity index (χ1n) is 7.33. The molecule has 1 aliphatic rings. The van der Waals surface area contributed by atoms with Crippen molar-refractivity contribution in [3.05, 3.63) is 35.8 Å². The van der Waals surface area contributed by atoms with Crippen molar-refractivity contribution in [2.24, 2.45) is 0 Å². The predicted octanol–water partition coefficient (Wildman–Crippen LogP) is 0.698. The van der Waals surface area contributed by atoms with E-state index in [0.717, 1.165) is 6.42 Å². The Morgan fingerprint density at radius 1 is 1.39 bits per heavy atom. The number of hydrogen-bond donors (Lipinski definition) is 0. The van der Waals surface area contributed by atoms with Gasteiger partial charge in [-0.25, -0.2) is 0 Å². The Kier molecular flexibility index (Phi) is 3.93. The van der Waals surface area contributed by atoms with Gasteiger partial charge in [-0.2, -0.15) is 10.4 Å². The molecule has 0 saturated carbocycles. The topological polar surface area (TPSA) is 90.9 Å². The van der Waals surface area contributed by atoms with Gasteiger partial charge in [-0.3, -0.25) is 9.48 Å². The molecule has 118 valence electrons. The van der Waals surface area contributed by atoms with Gasteiger partial charge in [-0.15, -0.1) is 10.2 Å². The summed E-state index contributed by atoms with van der Waals surface area (Å²) in [5.74, 6) is 0.583. The van der Waals surface area contributed by atoms with Crippen LogP contribution >= 0.6 is 0 Å². The van der Waals surface area contributed by atoms with E-state index in [-0.39, 0.29) is 11.9 Å². The summed E-state index contributed by atoms with van der Waals surface area (Å²) in [5.41, 5.74) is 0.870. The summed E-state index contributed by atoms with van der Waals surface area (Å²) < 4.78 is 1.76. The second kappa shape index (κ2) is 6.04. The van der Waals surface area contributed by atoms with Crippen molar-refractivity contribution >= 4 is 11.7 Å². The van der Waals surface area contributed by atoms with Gasteiger partial charge in [0.05, 0.1) is 17.8 Å². The minimum atomic E-state index is -0.127. The van der Waals surface area contributed by atoms with Gasteiger partial charge in [0.1, 0.15) is 6.07 Å². The maximum Gasteiger partial charge on any atom is 0.274 e. The third-order valence-electron chi connectivity index (χ3n) is 3.88. The summed E-state index contributed by atoms with van der Waals surface area (Å²) in [6, 6.07) is 5.62. The van der Waals surface area contributed by atoms with Gasteiger partial charge in [0.2, 0.25) is 0 Å². The van der Waals surface area contributed by atoms with Gasteiger partial charge < -0.3 is 9.80 Å². The highest BCUT2D eigenvalue weighted by molar-refractivity contribution is 5.92. The minimum absolute atomic E-state index is 0.0926. The van der Waals surface area contributed by atoms with E-state index in [0.29, 0.717) is 30.2 Å². The fourth-order valence-electron chi connectivity index (χ4n) is 2.58. The Balaban J connectivity index is 1.68. The van der Waals surface area contributed by atoms with Gasteiger partial charge in [-0.05, 0) is 18.6 Å². The second-order valence-electron chi connectivity index (χ2n) is 5.69. The molecule has 2 aromatic rings. The summed E-state index contributed by atoms with van der Waals surface area (Å²) >= 11 is 0. The standard InChI is InChI=1S/C15H17N7O/c1-20(2)14-4-3-13(18-19-14)15(23)21-6-5-12(10-21)22-9-11(7-16)8-17-22/h3-4,8-9,12H,5-6,10H2,1-2H3. The lowest BCUT2D eigenvalue weighted by molar-refractivity contribution is 0.0780. The van der Waals surface area contributed by atoms with Gasteiger partial charge in [0.15, 0.2) is 11.5 Å². The summed E-state index contributed by atoms with van der Waals surface area (Å²) in [6.45, 7) is 1.20. The minimum Gasteiger partial charge on any atom is -0.361 e. The zero-order chi connectivity index (χ0) is 16.4. The van der Waals surface area contributed by atoms with Crippen molar-refractivity contribution in [1.82, 2.24) is 24.9 Å². The lowest BCUT2D eigenvalue weighted by Gasteiger charge is -2.16. The van der Waals surface area contributed by atoms with Crippen molar-refractivity contribution in [3.63, 3.8) is 0 Å². The van der Waals surface area contributed by atoms with E-state index in [1.54, 1.807) is 27.9 Å². The van der Waals surface area contributed by atoms with Gasteiger partial charge in [0, 0.05) is 33.4 Å². The molecule has 3 rings (SSSR count). The van der Waals surface area contributed by atoms with E-state index in [1.165, 1.54) is 6.20 Å². The molecule has 0 aromatic carbocycles. The summed E-state index contributed by atoms with van der Waals surface area (Å²) in [5, 5.41) is 21.1. The van der Waals surface area contributed by atoms with E-state index in [9.17, 15) is 4.79 Å². The lowest BCUT2D eigenvalue weighted by atomic mass is 10.3. The van der Waals surface area contributed by atoms with Crippen LogP contribution in [0.3, 0.4) is 0 Å². The van der Waals surface area contributed by atoms with E-state index in [4.69, 9.17) is 5.26 Å². The van der Waals surface area contributed by atoms with Gasteiger partial charge in [0.25, 0.3) is 5.91 Å². The first-order chi connectivity index (χ1) is 11.1. The Morgan fingerprint density at radius 2 is 2.22 bits per heavy atom. The molecule has 2 aromatic heterocycles. The van der Waals surface area contributed by atoms with Crippen LogP contribution in [0.4, 0.5) is 5.82 Å². The largest absolute Gasteiger partial charge is 0.361 e. The average molecular weight is 311 g/mol. The maximum absolute atomic E-state index is 12.5. The number of hydrogen-bond acceptors (Lipinski definition) is 6. The molecule has 1 atom stereocenters. The Morgan fingerprint density at radius 3 is 2.83 bits per heavy atom. The first-order valence-corrected chi connectivity index (χ1v) is 7.33. The summed E-state index contributed by atoms with van der Waals surface area (Å²) in [4.78, 5) is 16.1. The zero-order valence-corrected chi connectivity index (χ0v) is 13.0. The van der Waals surface area contributed by atoms with Crippen LogP contribution in [0.5, 0.6) is 0 Å². The molecule has 3 heterocycles. The van der Waals surface area contributed by atoms with Gasteiger partial charge >= 0.3 is 0 Å². The zero-order valence-electron chi connectivity index (χ0n) is 13.0. The maximum atomic E-state index is 12.5. The number of anilines is 1. The first kappa shape index (κ1) is 15.0. The normalized spacial score (nSPS) is 17.1. The molecule has 1 amide bonds. The second-order valence-corrected chi connectivity index (χ2v) is 5.69. The number of aromatic nitrogens is 4. The molecule has 0 aliphatic carbocycles. The van der Waals surface area contributed by atoms with Crippen LogP contribution in [0.2, 0.25) is 0 Å². The fraction of sp³-hybridized carbons (Fsp3) is 0.400. The van der Waals surface area contributed by atoms with E-state index in [2.05, 4.69) is 21.4 Å². The number of carbonyl (C=O) groups excluding carboxylic acids is 1. The molecule has 0 spiro atoms. The van der Waals surface area contributed by atoms with Crippen molar-refractivity contribution < 1.29 is 4.79 Å². The van der Waals surface area contributed by atoms with Crippen LogP contribution in [-0.2, 0) is 0 Å². The SMILES string of the molecule is CN(C)c1ccc(C(=O)N2CCC(n3cc(C#N)cn3)C2)nn1. The predicted molar refractivity (Wildman–Crippen MR) is 82.9 cm³/mol. The molecule has 0 radical (unpaired) electrons. The molecular weight excluding hydrogens is 294 g/mol. The summed E-state index contributed by atoms with van der Waals surface area (Å²) in [7, 11) is 3.74. The molecule has 8 nitrogen and oxygen atoms in total. The molecule has 1 saturated heterocycles. The Labute approximate surface area is 133 Å². The van der Waals surface area contributed by atoms with E-state index < -0.39 is 0 Å². The number of likely N-dealkylation sites (tertiary alicyclic amines) is 1. The molecule has 23 heavy (non-hydrogen) atoms. The number of amides is 1. The highest BCUT2D eigenvalue weighted by Crippen LogP contribution is 2.22. The van der Waals surface area contributed by atoms with Crippen LogP contribution in [0.1, 0.15) is 28.5 Å². The third-order valence-corrected chi connectivity index (χ3v) is 3.88. The summed E-state index contributed by atoms with van der Waals surface area (Å²) in [6.07, 6.45) is 4.06. The van der Waals surface area contributed by atoms with Crippen LogP contribution in [-0.4, -0.2) is 58.0 Å². The third kappa shape index (κ3) is 2.99. The number of rotatable bonds is 3. The Bertz CT molecular complexity index is 744. The van der Waals surface area contributed by atoms with Crippen molar-refractivity contribution in [3.8, 4) is 6.07 Å². The molecule has 1 unspecified atom stereocenters. The van der Waals surface area contributed by atoms with Crippen LogP contribution < -0.4 is 4.90 Å². The van der Waals surface area contributed by atoms with Crippen LogP contribution in [0.15, 0.2) is 24.5 Å².